The van der Waals surface area contributed by atoms with Crippen LogP contribution in [0.15, 0.2) is 36.5 Å². The molecule has 178 valence electrons. The van der Waals surface area contributed by atoms with Gasteiger partial charge < -0.3 is 14.6 Å². The number of benzene rings is 1. The summed E-state index contributed by atoms with van der Waals surface area (Å²) >= 11 is 6.01. The highest BCUT2D eigenvalue weighted by Gasteiger charge is 2.31. The summed E-state index contributed by atoms with van der Waals surface area (Å²) in [5.74, 6) is -1.07. The van der Waals surface area contributed by atoms with Gasteiger partial charge in [-0.1, -0.05) is 17.7 Å². The molecular formula is C26H27ClFN3O3. The Bertz CT molecular complexity index is 1250. The predicted molar refractivity (Wildman–Crippen MR) is 127 cm³/mol. The van der Waals surface area contributed by atoms with Crippen molar-refractivity contribution in [2.45, 2.75) is 51.6 Å². The van der Waals surface area contributed by atoms with Crippen molar-refractivity contribution in [2.24, 2.45) is 11.8 Å². The van der Waals surface area contributed by atoms with Crippen LogP contribution in [-0.4, -0.2) is 38.0 Å². The smallest absolute Gasteiger partial charge is 0.306 e. The Morgan fingerprint density at radius 1 is 1.18 bits per heavy atom. The number of carboxylic acid groups (broad SMARTS) is 1. The van der Waals surface area contributed by atoms with Gasteiger partial charge in [0.2, 0.25) is 5.91 Å². The Morgan fingerprint density at radius 3 is 2.71 bits per heavy atom. The minimum atomic E-state index is -0.725. The summed E-state index contributed by atoms with van der Waals surface area (Å²) in [6, 6.07) is 8.72. The fraction of sp³-hybridized carbons (Fsp3) is 0.423. The molecule has 3 heterocycles. The van der Waals surface area contributed by atoms with E-state index in [0.717, 1.165) is 41.6 Å². The van der Waals surface area contributed by atoms with E-state index in [1.165, 1.54) is 11.6 Å². The molecule has 2 aromatic heterocycles. The number of carboxylic acids is 1. The summed E-state index contributed by atoms with van der Waals surface area (Å²) in [4.78, 5) is 30.9. The zero-order valence-corrected chi connectivity index (χ0v) is 19.6. The molecule has 0 saturated heterocycles. The molecule has 8 heteroatoms. The Labute approximate surface area is 202 Å². The maximum absolute atomic E-state index is 13.7. The van der Waals surface area contributed by atoms with Crippen LogP contribution in [0.3, 0.4) is 0 Å². The van der Waals surface area contributed by atoms with Crippen LogP contribution < -0.4 is 0 Å². The van der Waals surface area contributed by atoms with Gasteiger partial charge in [0, 0.05) is 36.8 Å². The summed E-state index contributed by atoms with van der Waals surface area (Å²) in [6.07, 6.45) is 5.86. The molecule has 1 fully saturated rings. The van der Waals surface area contributed by atoms with Crippen molar-refractivity contribution in [3.05, 3.63) is 64.2 Å². The topological polar surface area (TPSA) is 75.4 Å². The van der Waals surface area contributed by atoms with Gasteiger partial charge in [-0.3, -0.25) is 9.59 Å². The lowest BCUT2D eigenvalue weighted by atomic mass is 9.80. The molecular weight excluding hydrogens is 457 g/mol. The first-order valence-corrected chi connectivity index (χ1v) is 12.2. The molecule has 0 bridgehead atoms. The first kappa shape index (κ1) is 22.8. The van der Waals surface area contributed by atoms with E-state index in [4.69, 9.17) is 11.6 Å². The second-order valence-corrected chi connectivity index (χ2v) is 9.87. The molecule has 0 atom stereocenters. The minimum absolute atomic E-state index is 0.0882. The Hall–Kier alpha value is -2.93. The Kier molecular flexibility index (Phi) is 6.30. The monoisotopic (exact) mass is 483 g/mol. The van der Waals surface area contributed by atoms with Crippen molar-refractivity contribution in [3.8, 4) is 0 Å². The predicted octanol–water partition coefficient (Wildman–Crippen LogP) is 5.04. The minimum Gasteiger partial charge on any atom is -0.481 e. The van der Waals surface area contributed by atoms with Crippen molar-refractivity contribution in [2.75, 3.05) is 6.54 Å². The molecule has 1 aliphatic heterocycles. The van der Waals surface area contributed by atoms with Gasteiger partial charge in [-0.25, -0.2) is 9.37 Å². The van der Waals surface area contributed by atoms with Gasteiger partial charge in [0.1, 0.15) is 11.5 Å². The lowest BCUT2D eigenvalue weighted by Gasteiger charge is -2.31. The standard InChI is InChI=1S/C26H27ClFN3O3/c27-21-12-17(5-8-22(21)28)14-31-23-15-30(11-9-19(23)20-2-1-10-29-25(20)31)24(32)13-16-3-6-18(7-4-16)26(33)34/h1-2,5,8,10,12,16,18H,3-4,6-7,9,11,13-15H2,(H,33,34)/t16-,18+. The lowest BCUT2D eigenvalue weighted by molar-refractivity contribution is -0.143. The van der Waals surface area contributed by atoms with Crippen molar-refractivity contribution < 1.29 is 19.1 Å². The second-order valence-electron chi connectivity index (χ2n) is 9.46. The number of nitrogens with zero attached hydrogens (tertiary/aromatic N) is 3. The molecule has 6 nitrogen and oxygen atoms in total. The highest BCUT2D eigenvalue weighted by molar-refractivity contribution is 6.30. The van der Waals surface area contributed by atoms with Crippen molar-refractivity contribution in [1.29, 1.82) is 0 Å². The Morgan fingerprint density at radius 2 is 1.97 bits per heavy atom. The third kappa shape index (κ3) is 4.41. The van der Waals surface area contributed by atoms with E-state index < -0.39 is 11.8 Å². The largest absolute Gasteiger partial charge is 0.481 e. The van der Waals surface area contributed by atoms with Crippen LogP contribution in [0.2, 0.25) is 5.02 Å². The highest BCUT2D eigenvalue weighted by Crippen LogP contribution is 2.34. The average molecular weight is 484 g/mol. The molecule has 1 aliphatic carbocycles. The first-order chi connectivity index (χ1) is 16.4. The van der Waals surface area contributed by atoms with Gasteiger partial charge >= 0.3 is 5.97 Å². The molecule has 2 aliphatic rings. The fourth-order valence-electron chi connectivity index (χ4n) is 5.45. The normalized spacial score (nSPS) is 20.4. The van der Waals surface area contributed by atoms with Crippen molar-refractivity contribution in [1.82, 2.24) is 14.5 Å². The van der Waals surface area contributed by atoms with Crippen LogP contribution in [0.25, 0.3) is 11.0 Å². The van der Waals surface area contributed by atoms with E-state index in [0.29, 0.717) is 38.9 Å². The average Bonchev–Trinajstić information content (AvgIpc) is 3.15. The lowest BCUT2D eigenvalue weighted by Crippen LogP contribution is -2.38. The van der Waals surface area contributed by atoms with Crippen LogP contribution in [0, 0.1) is 17.7 Å². The van der Waals surface area contributed by atoms with Gasteiger partial charge in [0.05, 0.1) is 17.5 Å². The number of carbonyl (C=O) groups is 2. The number of rotatable bonds is 5. The zero-order valence-electron chi connectivity index (χ0n) is 18.8. The number of pyridine rings is 1. The number of aromatic nitrogens is 2. The second kappa shape index (κ2) is 9.37. The number of amides is 1. The first-order valence-electron chi connectivity index (χ1n) is 11.8. The third-order valence-electron chi connectivity index (χ3n) is 7.35. The number of fused-ring (bicyclic) bond motifs is 3. The fourth-order valence-corrected chi connectivity index (χ4v) is 5.66. The van der Waals surface area contributed by atoms with E-state index in [2.05, 4.69) is 15.6 Å². The molecule has 1 N–H and O–H groups in total. The van der Waals surface area contributed by atoms with E-state index in [9.17, 15) is 19.1 Å². The summed E-state index contributed by atoms with van der Waals surface area (Å²) in [5, 5.41) is 10.4. The molecule has 0 unspecified atom stereocenters. The van der Waals surface area contributed by atoms with E-state index >= 15 is 0 Å². The molecule has 1 amide bonds. The molecule has 3 aromatic rings. The van der Waals surface area contributed by atoms with E-state index in [1.54, 1.807) is 18.3 Å². The molecule has 0 radical (unpaired) electrons. The molecule has 1 aromatic carbocycles. The maximum Gasteiger partial charge on any atom is 0.306 e. The number of aliphatic carboxylic acids is 1. The summed E-state index contributed by atoms with van der Waals surface area (Å²) < 4.78 is 15.8. The van der Waals surface area contributed by atoms with Crippen LogP contribution in [-0.2, 0) is 29.1 Å². The number of carbonyl (C=O) groups excluding carboxylic acids is 1. The number of hydrogen-bond donors (Lipinski definition) is 1. The van der Waals surface area contributed by atoms with Crippen LogP contribution in [0.4, 0.5) is 4.39 Å². The van der Waals surface area contributed by atoms with Gasteiger partial charge in [-0.15, -0.1) is 0 Å². The van der Waals surface area contributed by atoms with Crippen molar-refractivity contribution >= 4 is 34.5 Å². The summed E-state index contributed by atoms with van der Waals surface area (Å²) in [6.45, 7) is 1.65. The molecule has 1 saturated carbocycles. The van der Waals surface area contributed by atoms with E-state index in [1.807, 2.05) is 11.0 Å². The third-order valence-corrected chi connectivity index (χ3v) is 7.64. The zero-order chi connectivity index (χ0) is 23.8. The number of halogens is 2. The highest BCUT2D eigenvalue weighted by atomic mass is 35.5. The van der Waals surface area contributed by atoms with Gasteiger partial charge in [-0.05, 0) is 73.4 Å². The summed E-state index contributed by atoms with van der Waals surface area (Å²) in [7, 11) is 0. The maximum atomic E-state index is 13.7. The van der Waals surface area contributed by atoms with Crippen LogP contribution in [0.1, 0.15) is 48.9 Å². The molecule has 5 rings (SSSR count). The number of hydrogen-bond acceptors (Lipinski definition) is 3. The van der Waals surface area contributed by atoms with Crippen LogP contribution in [0.5, 0.6) is 0 Å². The molecule has 0 spiro atoms. The molecule has 34 heavy (non-hydrogen) atoms. The summed E-state index contributed by atoms with van der Waals surface area (Å²) in [5.41, 5.74) is 4.00. The Balaban J connectivity index is 1.36. The van der Waals surface area contributed by atoms with Crippen LogP contribution >= 0.6 is 11.6 Å². The van der Waals surface area contributed by atoms with Crippen molar-refractivity contribution in [3.63, 3.8) is 0 Å². The van der Waals surface area contributed by atoms with Gasteiger partial charge in [-0.2, -0.15) is 0 Å². The van der Waals surface area contributed by atoms with Gasteiger partial charge in [0.25, 0.3) is 0 Å². The SMILES string of the molecule is O=C(C[C@H]1CC[C@@H](C(=O)O)CC1)N1CCc2c(n(Cc3ccc(F)c(Cl)c3)c3ncccc23)C1. The van der Waals surface area contributed by atoms with E-state index in [-0.39, 0.29) is 22.8 Å². The quantitative estimate of drug-likeness (QED) is 0.551. The van der Waals surface area contributed by atoms with Gasteiger partial charge in [0.15, 0.2) is 0 Å².